The maximum atomic E-state index is 6.04. The maximum absolute atomic E-state index is 6.04. The zero-order chi connectivity index (χ0) is 14.0. The molecule has 2 rings (SSSR count). The lowest BCUT2D eigenvalue weighted by Crippen LogP contribution is -2.24. The average Bonchev–Trinajstić information content (AvgIpc) is 2.65. The molecule has 102 valence electrons. The van der Waals surface area contributed by atoms with Crippen molar-refractivity contribution in [1.29, 1.82) is 0 Å². The summed E-state index contributed by atoms with van der Waals surface area (Å²) in [4.78, 5) is 4.61. The first-order valence-corrected chi connectivity index (χ1v) is 6.56. The summed E-state index contributed by atoms with van der Waals surface area (Å²) in [5.74, 6) is 7.38. The number of anilines is 1. The van der Waals surface area contributed by atoms with E-state index in [9.17, 15) is 0 Å². The van der Waals surface area contributed by atoms with Crippen LogP contribution in [0.2, 0.25) is 0 Å². The third kappa shape index (κ3) is 2.89. The lowest BCUT2D eigenvalue weighted by molar-refractivity contribution is 0.530. The molecule has 4 nitrogen and oxygen atoms in total. The van der Waals surface area contributed by atoms with Crippen molar-refractivity contribution in [2.45, 2.75) is 39.0 Å². The Morgan fingerprint density at radius 1 is 1.11 bits per heavy atom. The van der Waals surface area contributed by atoms with Gasteiger partial charge in [0.1, 0.15) is 11.6 Å². The average molecular weight is 258 g/mol. The molecule has 0 bridgehead atoms. The maximum Gasteiger partial charge on any atom is 0.146 e. The Labute approximate surface area is 114 Å². The quantitative estimate of drug-likeness (QED) is 0.830. The van der Waals surface area contributed by atoms with Crippen LogP contribution in [0.25, 0.3) is 0 Å². The van der Waals surface area contributed by atoms with Gasteiger partial charge in [-0.25, -0.2) is 9.66 Å². The Kier molecular flexibility index (Phi) is 3.51. The van der Waals surface area contributed by atoms with Gasteiger partial charge in [-0.05, 0) is 18.4 Å². The molecule has 2 aromatic rings. The van der Waals surface area contributed by atoms with Crippen molar-refractivity contribution >= 4 is 5.82 Å². The second kappa shape index (κ2) is 4.96. The van der Waals surface area contributed by atoms with E-state index in [1.807, 2.05) is 18.2 Å². The standard InChI is InChI=1S/C15H22N4/c1-15(2,3)14-18-12(13(16)19(14)17)10-9-11-7-5-4-6-8-11/h4-8H,9-10,16-17H2,1-3H3. The van der Waals surface area contributed by atoms with Gasteiger partial charge >= 0.3 is 0 Å². The zero-order valence-corrected chi connectivity index (χ0v) is 11.9. The van der Waals surface area contributed by atoms with Gasteiger partial charge in [-0.1, -0.05) is 51.1 Å². The van der Waals surface area contributed by atoms with Crippen LogP contribution >= 0.6 is 0 Å². The summed E-state index contributed by atoms with van der Waals surface area (Å²) in [6, 6.07) is 10.3. The van der Waals surface area contributed by atoms with Crippen LogP contribution in [0.1, 0.15) is 37.9 Å². The van der Waals surface area contributed by atoms with E-state index in [1.165, 1.54) is 10.2 Å². The molecule has 0 saturated heterocycles. The lowest BCUT2D eigenvalue weighted by atomic mass is 9.96. The molecule has 0 atom stereocenters. The molecule has 0 aliphatic carbocycles. The van der Waals surface area contributed by atoms with E-state index >= 15 is 0 Å². The lowest BCUT2D eigenvalue weighted by Gasteiger charge is -2.17. The number of hydrogen-bond acceptors (Lipinski definition) is 3. The second-order valence-electron chi connectivity index (χ2n) is 5.87. The van der Waals surface area contributed by atoms with Crippen molar-refractivity contribution in [2.75, 3.05) is 11.6 Å². The normalized spacial score (nSPS) is 11.7. The van der Waals surface area contributed by atoms with Crippen LogP contribution < -0.4 is 11.6 Å². The highest BCUT2D eigenvalue weighted by Gasteiger charge is 2.23. The summed E-state index contributed by atoms with van der Waals surface area (Å²) in [5.41, 5.74) is 8.10. The van der Waals surface area contributed by atoms with Crippen LogP contribution in [0, 0.1) is 0 Å². The predicted octanol–water partition coefficient (Wildman–Crippen LogP) is 2.26. The molecule has 1 aromatic carbocycles. The van der Waals surface area contributed by atoms with E-state index in [2.05, 4.69) is 37.9 Å². The predicted molar refractivity (Wildman–Crippen MR) is 79.3 cm³/mol. The minimum Gasteiger partial charge on any atom is -0.382 e. The molecule has 0 aliphatic rings. The molecule has 0 radical (unpaired) electrons. The number of aromatic nitrogens is 2. The SMILES string of the molecule is CC(C)(C)c1nc(CCc2ccccc2)c(N)n1N. The summed E-state index contributed by atoms with van der Waals surface area (Å²) in [6.07, 6.45) is 1.73. The summed E-state index contributed by atoms with van der Waals surface area (Å²) in [7, 11) is 0. The number of nitrogens with zero attached hydrogens (tertiary/aromatic N) is 2. The number of aryl methyl sites for hydroxylation is 2. The number of rotatable bonds is 3. The van der Waals surface area contributed by atoms with Crippen molar-refractivity contribution < 1.29 is 0 Å². The highest BCUT2D eigenvalue weighted by molar-refractivity contribution is 5.40. The number of nitrogen functional groups attached to an aromatic ring is 2. The molecule has 0 spiro atoms. The summed E-state index contributed by atoms with van der Waals surface area (Å²) in [5, 5.41) is 0. The molecule has 1 heterocycles. The molecular formula is C15H22N4. The third-order valence-corrected chi connectivity index (χ3v) is 3.19. The number of benzene rings is 1. The first kappa shape index (κ1) is 13.5. The Bertz CT molecular complexity index is 550. The van der Waals surface area contributed by atoms with Gasteiger partial charge in [0, 0.05) is 5.41 Å². The number of imidazole rings is 1. The first-order valence-electron chi connectivity index (χ1n) is 6.56. The monoisotopic (exact) mass is 258 g/mol. The molecule has 0 amide bonds. The zero-order valence-electron chi connectivity index (χ0n) is 11.9. The Hall–Kier alpha value is -1.97. The van der Waals surface area contributed by atoms with E-state index in [0.717, 1.165) is 24.4 Å². The second-order valence-corrected chi connectivity index (χ2v) is 5.87. The molecule has 1 aromatic heterocycles. The minimum absolute atomic E-state index is 0.103. The van der Waals surface area contributed by atoms with Gasteiger partial charge in [0.15, 0.2) is 0 Å². The molecule has 4 heteroatoms. The molecule has 4 N–H and O–H groups in total. The van der Waals surface area contributed by atoms with Crippen molar-refractivity contribution in [3.8, 4) is 0 Å². The van der Waals surface area contributed by atoms with Crippen molar-refractivity contribution in [3.05, 3.63) is 47.4 Å². The third-order valence-electron chi connectivity index (χ3n) is 3.19. The van der Waals surface area contributed by atoms with Crippen LogP contribution in [0.5, 0.6) is 0 Å². The van der Waals surface area contributed by atoms with Crippen molar-refractivity contribution in [2.24, 2.45) is 0 Å². The largest absolute Gasteiger partial charge is 0.382 e. The van der Waals surface area contributed by atoms with Crippen LogP contribution in [0.4, 0.5) is 5.82 Å². The van der Waals surface area contributed by atoms with E-state index < -0.39 is 0 Å². The topological polar surface area (TPSA) is 69.9 Å². The molecular weight excluding hydrogens is 236 g/mol. The van der Waals surface area contributed by atoms with E-state index in [1.54, 1.807) is 0 Å². The van der Waals surface area contributed by atoms with Crippen LogP contribution in [-0.4, -0.2) is 9.66 Å². The van der Waals surface area contributed by atoms with Crippen molar-refractivity contribution in [3.63, 3.8) is 0 Å². The highest BCUT2D eigenvalue weighted by atomic mass is 15.4. The van der Waals surface area contributed by atoms with Gasteiger partial charge in [0.2, 0.25) is 0 Å². The molecule has 19 heavy (non-hydrogen) atoms. The van der Waals surface area contributed by atoms with E-state index in [4.69, 9.17) is 11.6 Å². The fraction of sp³-hybridized carbons (Fsp3) is 0.400. The van der Waals surface area contributed by atoms with Gasteiger partial charge in [-0.2, -0.15) is 0 Å². The summed E-state index contributed by atoms with van der Waals surface area (Å²) < 4.78 is 1.51. The number of nitrogens with two attached hydrogens (primary N) is 2. The Balaban J connectivity index is 2.18. The number of hydrogen-bond donors (Lipinski definition) is 2. The van der Waals surface area contributed by atoms with Gasteiger partial charge < -0.3 is 11.6 Å². The Morgan fingerprint density at radius 2 is 1.74 bits per heavy atom. The fourth-order valence-electron chi connectivity index (χ4n) is 2.11. The molecule has 0 fully saturated rings. The van der Waals surface area contributed by atoms with Gasteiger partial charge in [-0.15, -0.1) is 0 Å². The Morgan fingerprint density at radius 3 is 2.26 bits per heavy atom. The highest BCUT2D eigenvalue weighted by Crippen LogP contribution is 2.24. The van der Waals surface area contributed by atoms with Crippen molar-refractivity contribution in [1.82, 2.24) is 9.66 Å². The minimum atomic E-state index is -0.103. The smallest absolute Gasteiger partial charge is 0.146 e. The van der Waals surface area contributed by atoms with Gasteiger partial charge in [0.05, 0.1) is 5.69 Å². The fourth-order valence-corrected chi connectivity index (χ4v) is 2.11. The summed E-state index contributed by atoms with van der Waals surface area (Å²) >= 11 is 0. The molecule has 0 aliphatic heterocycles. The van der Waals surface area contributed by atoms with Crippen LogP contribution in [0.15, 0.2) is 30.3 Å². The van der Waals surface area contributed by atoms with Crippen LogP contribution in [-0.2, 0) is 18.3 Å². The van der Waals surface area contributed by atoms with E-state index in [-0.39, 0.29) is 5.41 Å². The molecule has 0 saturated carbocycles. The summed E-state index contributed by atoms with van der Waals surface area (Å²) in [6.45, 7) is 6.25. The van der Waals surface area contributed by atoms with E-state index in [0.29, 0.717) is 5.82 Å². The first-order chi connectivity index (χ1) is 8.89. The molecule has 0 unspecified atom stereocenters. The van der Waals surface area contributed by atoms with Gasteiger partial charge in [0.25, 0.3) is 0 Å². The van der Waals surface area contributed by atoms with Crippen LogP contribution in [0.3, 0.4) is 0 Å². The van der Waals surface area contributed by atoms with Gasteiger partial charge in [-0.3, -0.25) is 0 Å².